The van der Waals surface area contributed by atoms with Crippen LogP contribution in [0.1, 0.15) is 24.1 Å². The summed E-state index contributed by atoms with van der Waals surface area (Å²) in [5, 5.41) is 15.6. The number of carbonyl (C=O) groups excluding carboxylic acids is 1. The molecule has 0 fully saturated rings. The topological polar surface area (TPSA) is 94.7 Å². The first kappa shape index (κ1) is 18.5. The van der Waals surface area contributed by atoms with Crippen LogP contribution in [0.3, 0.4) is 0 Å². The largest absolute Gasteiger partial charge is 0.324 e. The molecule has 2 aromatic heterocycles. The van der Waals surface area contributed by atoms with Crippen molar-refractivity contribution in [3.63, 3.8) is 0 Å². The van der Waals surface area contributed by atoms with Crippen molar-refractivity contribution in [3.05, 3.63) is 76.2 Å². The van der Waals surface area contributed by atoms with Crippen LogP contribution in [0, 0.1) is 13.8 Å². The van der Waals surface area contributed by atoms with E-state index in [4.69, 9.17) is 0 Å². The van der Waals surface area contributed by atoms with E-state index >= 15 is 0 Å². The number of hydrogen-bond donors (Lipinski definition) is 1. The lowest BCUT2D eigenvalue weighted by molar-refractivity contribution is -0.119. The molecule has 0 radical (unpaired) electrons. The number of nitrogens with one attached hydrogen (secondary N) is 1. The van der Waals surface area contributed by atoms with Crippen LogP contribution in [0.25, 0.3) is 16.7 Å². The van der Waals surface area contributed by atoms with E-state index in [-0.39, 0.29) is 5.91 Å². The highest BCUT2D eigenvalue weighted by Gasteiger charge is 2.22. The third-order valence-electron chi connectivity index (χ3n) is 4.89. The maximum absolute atomic E-state index is 12.9. The Labute approximate surface area is 166 Å². The second kappa shape index (κ2) is 7.31. The summed E-state index contributed by atoms with van der Waals surface area (Å²) in [4.78, 5) is 25.7. The molecule has 146 valence electrons. The number of aromatic nitrogens is 5. The fourth-order valence-electron chi connectivity index (χ4n) is 3.21. The minimum atomic E-state index is -0.835. The molecule has 1 atom stereocenters. The van der Waals surface area contributed by atoms with Crippen LogP contribution in [-0.2, 0) is 4.79 Å². The summed E-state index contributed by atoms with van der Waals surface area (Å²) < 4.78 is 2.64. The fourth-order valence-corrected chi connectivity index (χ4v) is 3.21. The predicted octanol–water partition coefficient (Wildman–Crippen LogP) is 2.79. The molecule has 0 spiro atoms. The smallest absolute Gasteiger partial charge is 0.281 e. The van der Waals surface area contributed by atoms with Crippen LogP contribution in [0.2, 0.25) is 0 Å². The lowest BCUT2D eigenvalue weighted by atomic mass is 10.1. The molecule has 2 aromatic carbocycles. The van der Waals surface area contributed by atoms with Gasteiger partial charge in [-0.2, -0.15) is 9.78 Å². The Hall–Kier alpha value is -3.81. The maximum atomic E-state index is 12.9. The van der Waals surface area contributed by atoms with Gasteiger partial charge in [0.2, 0.25) is 5.91 Å². The number of carbonyl (C=O) groups is 1. The van der Waals surface area contributed by atoms with Crippen molar-refractivity contribution in [1.29, 1.82) is 0 Å². The first-order chi connectivity index (χ1) is 14.0. The van der Waals surface area contributed by atoms with Gasteiger partial charge < -0.3 is 5.32 Å². The fraction of sp³-hybridized carbons (Fsp3) is 0.190. The normalized spacial score (nSPS) is 12.1. The van der Waals surface area contributed by atoms with Crippen LogP contribution in [0.5, 0.6) is 0 Å². The van der Waals surface area contributed by atoms with Gasteiger partial charge in [0.1, 0.15) is 11.4 Å². The summed E-state index contributed by atoms with van der Waals surface area (Å²) in [5.74, 6) is -0.339. The van der Waals surface area contributed by atoms with Crippen molar-refractivity contribution >= 4 is 22.6 Å². The molecule has 4 aromatic rings. The molecular formula is C21H20N6O2. The summed E-state index contributed by atoms with van der Waals surface area (Å²) >= 11 is 0. The van der Waals surface area contributed by atoms with E-state index < -0.39 is 11.6 Å². The molecule has 8 heteroatoms. The zero-order valence-corrected chi connectivity index (χ0v) is 16.3. The van der Waals surface area contributed by atoms with Gasteiger partial charge in [0.15, 0.2) is 5.65 Å². The monoisotopic (exact) mass is 388 g/mol. The highest BCUT2D eigenvalue weighted by Crippen LogP contribution is 2.21. The first-order valence-corrected chi connectivity index (χ1v) is 9.23. The molecular weight excluding hydrogens is 368 g/mol. The second-order valence-electron chi connectivity index (χ2n) is 6.90. The molecule has 0 aliphatic carbocycles. The van der Waals surface area contributed by atoms with Gasteiger partial charge in [-0.3, -0.25) is 9.59 Å². The Morgan fingerprint density at radius 3 is 2.41 bits per heavy atom. The van der Waals surface area contributed by atoms with Crippen LogP contribution in [0.4, 0.5) is 5.69 Å². The van der Waals surface area contributed by atoms with Gasteiger partial charge >= 0.3 is 0 Å². The number of hydrogen-bond acceptors (Lipinski definition) is 5. The number of rotatable bonds is 4. The summed E-state index contributed by atoms with van der Waals surface area (Å²) in [5.41, 5.74) is 3.34. The highest BCUT2D eigenvalue weighted by atomic mass is 16.2. The van der Waals surface area contributed by atoms with Gasteiger partial charge in [0, 0.05) is 5.69 Å². The molecule has 29 heavy (non-hydrogen) atoms. The van der Waals surface area contributed by atoms with E-state index in [1.807, 2.05) is 62.4 Å². The number of amides is 1. The number of nitrogens with zero attached hydrogens (tertiary/aromatic N) is 5. The van der Waals surface area contributed by atoms with Crippen LogP contribution >= 0.6 is 0 Å². The first-order valence-electron chi connectivity index (χ1n) is 9.23. The third-order valence-corrected chi connectivity index (χ3v) is 4.89. The van der Waals surface area contributed by atoms with Gasteiger partial charge in [-0.05, 0) is 44.0 Å². The summed E-state index contributed by atoms with van der Waals surface area (Å²) in [7, 11) is 0. The number of para-hydroxylation sites is 2. The standard InChI is InChI=1S/C21H20N6O2/c1-13-8-7-9-14(2)18(13)23-20(28)15(3)26-21(29)17-12-22-27(19(17)24-25-26)16-10-5-4-6-11-16/h4-12,15H,1-3H3,(H,23,28). The van der Waals surface area contributed by atoms with Crippen molar-refractivity contribution in [2.24, 2.45) is 0 Å². The summed E-state index contributed by atoms with van der Waals surface area (Å²) in [6, 6.07) is 14.3. The molecule has 0 bridgehead atoms. The lowest BCUT2D eigenvalue weighted by Gasteiger charge is -2.16. The van der Waals surface area contributed by atoms with Crippen molar-refractivity contribution in [2.75, 3.05) is 5.32 Å². The van der Waals surface area contributed by atoms with Crippen LogP contribution in [-0.4, -0.2) is 30.7 Å². The van der Waals surface area contributed by atoms with Crippen molar-refractivity contribution in [2.45, 2.75) is 26.8 Å². The number of anilines is 1. The number of aryl methyl sites for hydroxylation is 2. The van der Waals surface area contributed by atoms with Gasteiger partial charge in [0.25, 0.3) is 5.56 Å². The Morgan fingerprint density at radius 2 is 1.72 bits per heavy atom. The van der Waals surface area contributed by atoms with Crippen LogP contribution < -0.4 is 10.9 Å². The van der Waals surface area contributed by atoms with Crippen molar-refractivity contribution in [1.82, 2.24) is 24.8 Å². The molecule has 4 rings (SSSR count). The van der Waals surface area contributed by atoms with Gasteiger partial charge in [-0.15, -0.1) is 5.10 Å². The highest BCUT2D eigenvalue weighted by molar-refractivity contribution is 5.95. The number of fused-ring (bicyclic) bond motifs is 1. The minimum Gasteiger partial charge on any atom is -0.324 e. The maximum Gasteiger partial charge on any atom is 0.281 e. The van der Waals surface area contributed by atoms with Crippen molar-refractivity contribution in [3.8, 4) is 5.69 Å². The molecule has 2 heterocycles. The predicted molar refractivity (Wildman–Crippen MR) is 110 cm³/mol. The van der Waals surface area contributed by atoms with E-state index in [2.05, 4.69) is 20.7 Å². The average Bonchev–Trinajstić information content (AvgIpc) is 3.16. The second-order valence-corrected chi connectivity index (χ2v) is 6.90. The SMILES string of the molecule is Cc1cccc(C)c1NC(=O)C(C)n1nnc2c(cnn2-c2ccccc2)c1=O. The van der Waals surface area contributed by atoms with E-state index in [1.165, 1.54) is 6.20 Å². The van der Waals surface area contributed by atoms with E-state index in [9.17, 15) is 9.59 Å². The molecule has 0 aliphatic heterocycles. The zero-order chi connectivity index (χ0) is 20.5. The Bertz CT molecular complexity index is 1240. The summed E-state index contributed by atoms with van der Waals surface area (Å²) in [6.07, 6.45) is 1.45. The van der Waals surface area contributed by atoms with Gasteiger partial charge in [-0.1, -0.05) is 41.6 Å². The van der Waals surface area contributed by atoms with Crippen LogP contribution in [0.15, 0.2) is 59.5 Å². The zero-order valence-electron chi connectivity index (χ0n) is 16.3. The minimum absolute atomic E-state index is 0.301. The quantitative estimate of drug-likeness (QED) is 0.580. The molecule has 1 amide bonds. The molecule has 1 unspecified atom stereocenters. The summed E-state index contributed by atoms with van der Waals surface area (Å²) in [6.45, 7) is 5.46. The van der Waals surface area contributed by atoms with E-state index in [1.54, 1.807) is 11.6 Å². The van der Waals surface area contributed by atoms with Gasteiger partial charge in [0.05, 0.1) is 11.9 Å². The Morgan fingerprint density at radius 1 is 1.03 bits per heavy atom. The molecule has 0 aliphatic rings. The van der Waals surface area contributed by atoms with Crippen molar-refractivity contribution < 1.29 is 4.79 Å². The average molecular weight is 388 g/mol. The molecule has 0 saturated carbocycles. The Balaban J connectivity index is 1.68. The van der Waals surface area contributed by atoms with E-state index in [0.717, 1.165) is 27.2 Å². The lowest BCUT2D eigenvalue weighted by Crippen LogP contribution is -2.34. The number of benzene rings is 2. The Kier molecular flexibility index (Phi) is 4.67. The third kappa shape index (κ3) is 3.29. The molecule has 1 N–H and O–H groups in total. The molecule has 8 nitrogen and oxygen atoms in total. The van der Waals surface area contributed by atoms with Gasteiger partial charge in [-0.25, -0.2) is 4.68 Å². The van der Waals surface area contributed by atoms with E-state index in [0.29, 0.717) is 11.0 Å². The molecule has 0 saturated heterocycles.